The van der Waals surface area contributed by atoms with Crippen LogP contribution in [-0.4, -0.2) is 30.3 Å². The van der Waals surface area contributed by atoms with Crippen LogP contribution < -0.4 is 10.1 Å². The van der Waals surface area contributed by atoms with E-state index in [1.54, 1.807) is 25.3 Å². The van der Waals surface area contributed by atoms with Crippen molar-refractivity contribution in [2.45, 2.75) is 12.5 Å². The minimum absolute atomic E-state index is 0.0564. The van der Waals surface area contributed by atoms with E-state index >= 15 is 0 Å². The highest BCUT2D eigenvalue weighted by atomic mass is 19.1. The quantitative estimate of drug-likeness (QED) is 0.653. The number of carbonyl (C=O) groups excluding carboxylic acids is 1. The van der Waals surface area contributed by atoms with Gasteiger partial charge in [-0.1, -0.05) is 54.6 Å². The van der Waals surface area contributed by atoms with Crippen LogP contribution in [0.1, 0.15) is 23.6 Å². The number of benzene rings is 3. The largest absolute Gasteiger partial charge is 0.497 e. The van der Waals surface area contributed by atoms with Crippen molar-refractivity contribution in [3.8, 4) is 5.75 Å². The minimum atomic E-state index is -0.396. The average Bonchev–Trinajstić information content (AvgIpc) is 3.25. The number of nitrogens with zero attached hydrogens (tertiary/aromatic N) is 2. The zero-order valence-corrected chi connectivity index (χ0v) is 16.6. The summed E-state index contributed by atoms with van der Waals surface area (Å²) in [6, 6.07) is 23.5. The number of rotatable bonds is 6. The Balaban J connectivity index is 1.58. The number of nitrogens with one attached hydrogen (secondary N) is 1. The monoisotopic (exact) mass is 403 g/mol. The fraction of sp³-hybridized carbons (Fsp3) is 0.167. The molecule has 1 aliphatic heterocycles. The van der Waals surface area contributed by atoms with Gasteiger partial charge < -0.3 is 10.1 Å². The second kappa shape index (κ2) is 8.78. The summed E-state index contributed by atoms with van der Waals surface area (Å²) < 4.78 is 19.1. The van der Waals surface area contributed by atoms with E-state index in [2.05, 4.69) is 10.4 Å². The number of hydrogen-bond acceptors (Lipinski definition) is 4. The van der Waals surface area contributed by atoms with Crippen LogP contribution in [0.5, 0.6) is 5.75 Å². The maximum absolute atomic E-state index is 13.9. The van der Waals surface area contributed by atoms with Gasteiger partial charge in [-0.05, 0) is 35.4 Å². The van der Waals surface area contributed by atoms with Crippen LogP contribution in [0.2, 0.25) is 0 Å². The highest BCUT2D eigenvalue weighted by molar-refractivity contribution is 6.03. The number of hydrazone groups is 1. The Morgan fingerprint density at radius 3 is 2.47 bits per heavy atom. The molecule has 30 heavy (non-hydrogen) atoms. The summed E-state index contributed by atoms with van der Waals surface area (Å²) in [5, 5.41) is 9.01. The number of methoxy groups -OCH3 is 1. The molecule has 0 aliphatic carbocycles. The predicted octanol–water partition coefficient (Wildman–Crippen LogP) is 4.62. The summed E-state index contributed by atoms with van der Waals surface area (Å²) in [5.41, 5.74) is 3.08. The van der Waals surface area contributed by atoms with E-state index in [0.717, 1.165) is 22.6 Å². The lowest BCUT2D eigenvalue weighted by Crippen LogP contribution is -2.32. The molecule has 1 heterocycles. The lowest BCUT2D eigenvalue weighted by molar-refractivity contribution is -0.131. The van der Waals surface area contributed by atoms with Crippen molar-refractivity contribution in [1.29, 1.82) is 0 Å². The van der Waals surface area contributed by atoms with Crippen LogP contribution in [0.25, 0.3) is 0 Å². The summed E-state index contributed by atoms with van der Waals surface area (Å²) in [6.45, 7) is -0.0564. The SMILES string of the molecule is COc1ccc(C2CC(c3ccccc3)=NN2C(=O)CNc2ccccc2F)cc1. The van der Waals surface area contributed by atoms with E-state index in [1.807, 2.05) is 54.6 Å². The Kier molecular flexibility index (Phi) is 5.75. The van der Waals surface area contributed by atoms with E-state index < -0.39 is 5.82 Å². The summed E-state index contributed by atoms with van der Waals surface area (Å²) in [6.07, 6.45) is 0.599. The van der Waals surface area contributed by atoms with Gasteiger partial charge in [0, 0.05) is 6.42 Å². The molecule has 1 amide bonds. The molecule has 0 saturated heterocycles. The van der Waals surface area contributed by atoms with Crippen molar-refractivity contribution < 1.29 is 13.9 Å². The Bertz CT molecular complexity index is 1050. The first kappa shape index (κ1) is 19.6. The first-order valence-corrected chi connectivity index (χ1v) is 9.73. The Labute approximate surface area is 174 Å². The standard InChI is InChI=1S/C24H22FN3O2/c1-30-19-13-11-18(12-14-19)23-15-22(17-7-3-2-4-8-17)27-28(23)24(29)16-26-21-10-6-5-9-20(21)25/h2-14,23,26H,15-16H2,1H3. The fourth-order valence-electron chi connectivity index (χ4n) is 3.49. The van der Waals surface area contributed by atoms with Gasteiger partial charge in [-0.25, -0.2) is 9.40 Å². The molecule has 1 N–H and O–H groups in total. The summed E-state index contributed by atoms with van der Waals surface area (Å²) in [4.78, 5) is 13.0. The van der Waals surface area contributed by atoms with Crippen LogP contribution in [0, 0.1) is 5.82 Å². The van der Waals surface area contributed by atoms with Crippen molar-refractivity contribution in [2.75, 3.05) is 19.0 Å². The molecule has 152 valence electrons. The van der Waals surface area contributed by atoms with E-state index in [-0.39, 0.29) is 18.5 Å². The van der Waals surface area contributed by atoms with E-state index in [4.69, 9.17) is 4.74 Å². The maximum Gasteiger partial charge on any atom is 0.262 e. The molecular weight excluding hydrogens is 381 g/mol. The second-order valence-electron chi connectivity index (χ2n) is 6.98. The van der Waals surface area contributed by atoms with Gasteiger partial charge in [0.1, 0.15) is 11.6 Å². The van der Waals surface area contributed by atoms with Crippen LogP contribution >= 0.6 is 0 Å². The third kappa shape index (κ3) is 4.17. The van der Waals surface area contributed by atoms with Crippen LogP contribution in [0.3, 0.4) is 0 Å². The van der Waals surface area contributed by atoms with Crippen molar-refractivity contribution in [1.82, 2.24) is 5.01 Å². The van der Waals surface area contributed by atoms with E-state index in [9.17, 15) is 9.18 Å². The predicted molar refractivity (Wildman–Crippen MR) is 115 cm³/mol. The van der Waals surface area contributed by atoms with Crippen molar-refractivity contribution >= 4 is 17.3 Å². The van der Waals surface area contributed by atoms with Gasteiger partial charge >= 0.3 is 0 Å². The number of hydrogen-bond donors (Lipinski definition) is 1. The number of carbonyl (C=O) groups is 1. The first-order valence-electron chi connectivity index (χ1n) is 9.73. The van der Waals surface area contributed by atoms with Gasteiger partial charge in [-0.3, -0.25) is 4.79 Å². The van der Waals surface area contributed by atoms with Gasteiger partial charge in [-0.2, -0.15) is 5.10 Å². The summed E-state index contributed by atoms with van der Waals surface area (Å²) >= 11 is 0. The highest BCUT2D eigenvalue weighted by Crippen LogP contribution is 2.33. The van der Waals surface area contributed by atoms with Crippen molar-refractivity contribution in [3.63, 3.8) is 0 Å². The summed E-state index contributed by atoms with van der Waals surface area (Å²) in [5.74, 6) is 0.122. The third-order valence-corrected chi connectivity index (χ3v) is 5.08. The summed E-state index contributed by atoms with van der Waals surface area (Å²) in [7, 11) is 1.62. The third-order valence-electron chi connectivity index (χ3n) is 5.08. The molecule has 3 aromatic rings. The van der Waals surface area contributed by atoms with Gasteiger partial charge in [0.2, 0.25) is 0 Å². The van der Waals surface area contributed by atoms with E-state index in [0.29, 0.717) is 12.1 Å². The average molecular weight is 403 g/mol. The lowest BCUT2D eigenvalue weighted by atomic mass is 9.98. The van der Waals surface area contributed by atoms with Gasteiger partial charge in [0.05, 0.1) is 31.1 Å². The number of amides is 1. The first-order chi connectivity index (χ1) is 14.7. The van der Waals surface area contributed by atoms with Crippen molar-refractivity contribution in [3.05, 3.63) is 95.8 Å². The Morgan fingerprint density at radius 1 is 1.07 bits per heavy atom. The molecule has 4 rings (SSSR count). The van der Waals surface area contributed by atoms with Crippen molar-refractivity contribution in [2.24, 2.45) is 5.10 Å². The molecule has 0 spiro atoms. The molecule has 0 radical (unpaired) electrons. The molecule has 1 aliphatic rings. The van der Waals surface area contributed by atoms with Gasteiger partial charge in [0.15, 0.2) is 0 Å². The number of ether oxygens (including phenoxy) is 1. The fourth-order valence-corrected chi connectivity index (χ4v) is 3.49. The molecular formula is C24H22FN3O2. The van der Waals surface area contributed by atoms with Crippen LogP contribution in [0.4, 0.5) is 10.1 Å². The zero-order valence-electron chi connectivity index (χ0n) is 16.6. The smallest absolute Gasteiger partial charge is 0.262 e. The number of halogens is 1. The Hall–Kier alpha value is -3.67. The Morgan fingerprint density at radius 2 is 1.77 bits per heavy atom. The molecule has 5 nitrogen and oxygen atoms in total. The molecule has 3 aromatic carbocycles. The molecule has 1 unspecified atom stereocenters. The second-order valence-corrected chi connectivity index (χ2v) is 6.98. The zero-order chi connectivity index (χ0) is 20.9. The van der Waals surface area contributed by atoms with Crippen LogP contribution in [0.15, 0.2) is 84.0 Å². The molecule has 0 saturated carbocycles. The van der Waals surface area contributed by atoms with Gasteiger partial charge in [-0.15, -0.1) is 0 Å². The molecule has 0 fully saturated rings. The minimum Gasteiger partial charge on any atom is -0.497 e. The lowest BCUT2D eigenvalue weighted by Gasteiger charge is -2.22. The normalized spacial score (nSPS) is 15.6. The molecule has 1 atom stereocenters. The molecule has 6 heteroatoms. The van der Waals surface area contributed by atoms with E-state index in [1.165, 1.54) is 11.1 Å². The number of para-hydroxylation sites is 1. The van der Waals surface area contributed by atoms with Crippen LogP contribution in [-0.2, 0) is 4.79 Å². The number of anilines is 1. The van der Waals surface area contributed by atoms with Gasteiger partial charge in [0.25, 0.3) is 5.91 Å². The highest BCUT2D eigenvalue weighted by Gasteiger charge is 2.33. The molecule has 0 bridgehead atoms. The topological polar surface area (TPSA) is 53.9 Å². The maximum atomic E-state index is 13.9. The molecule has 0 aromatic heterocycles.